The van der Waals surface area contributed by atoms with Crippen molar-refractivity contribution in [2.75, 3.05) is 0 Å². The molecule has 4 aromatic heterocycles. The van der Waals surface area contributed by atoms with E-state index in [2.05, 4.69) is 120 Å². The Bertz CT molecular complexity index is 3240. The standard InChI is InChI=1S/C50H30N4OS/c1-2-10-32(11-3-1)48-52-49(54-50(53-48)36-13-8-12-34(28-36)37-14-9-27-51-30-37)33-21-19-31(20-22-33)38-24-25-39(47-46(38)41-16-4-6-17-43(41)55-47)35-23-26-45-42(29-35)40-15-5-7-18-44(40)56-45/h1-30H. The minimum atomic E-state index is 0.609. The molecule has 0 N–H and O–H groups in total. The summed E-state index contributed by atoms with van der Waals surface area (Å²) in [6, 6.07) is 59.0. The van der Waals surface area contributed by atoms with Gasteiger partial charge in [0.05, 0.1) is 0 Å². The molecule has 4 heterocycles. The van der Waals surface area contributed by atoms with Crippen molar-refractivity contribution in [3.63, 3.8) is 0 Å². The summed E-state index contributed by atoms with van der Waals surface area (Å²) in [7, 11) is 0. The van der Waals surface area contributed by atoms with Gasteiger partial charge in [-0.2, -0.15) is 0 Å². The molecule has 0 saturated carbocycles. The Morgan fingerprint density at radius 3 is 1.84 bits per heavy atom. The first-order valence-corrected chi connectivity index (χ1v) is 19.3. The molecule has 6 heteroatoms. The highest BCUT2D eigenvalue weighted by molar-refractivity contribution is 7.25. The van der Waals surface area contributed by atoms with E-state index in [1.807, 2.05) is 72.1 Å². The van der Waals surface area contributed by atoms with Crippen molar-refractivity contribution in [2.45, 2.75) is 0 Å². The lowest BCUT2D eigenvalue weighted by molar-refractivity contribution is 0.670. The van der Waals surface area contributed by atoms with E-state index in [1.54, 1.807) is 6.20 Å². The molecule has 0 fully saturated rings. The lowest BCUT2D eigenvalue weighted by atomic mass is 9.93. The first-order valence-electron chi connectivity index (χ1n) is 18.5. The Kier molecular flexibility index (Phi) is 7.60. The number of rotatable bonds is 6. The predicted molar refractivity (Wildman–Crippen MR) is 230 cm³/mol. The first kappa shape index (κ1) is 32.2. The number of aromatic nitrogens is 4. The second-order valence-electron chi connectivity index (χ2n) is 13.8. The third kappa shape index (κ3) is 5.54. The largest absolute Gasteiger partial charge is 0.455 e. The van der Waals surface area contributed by atoms with Crippen LogP contribution in [0.25, 0.3) is 110 Å². The molecule has 11 aromatic rings. The van der Waals surface area contributed by atoms with Gasteiger partial charge in [-0.3, -0.25) is 4.98 Å². The fourth-order valence-electron chi connectivity index (χ4n) is 7.71. The molecule has 0 aliphatic carbocycles. The van der Waals surface area contributed by atoms with Crippen LogP contribution in [-0.4, -0.2) is 19.9 Å². The molecule has 262 valence electrons. The van der Waals surface area contributed by atoms with Gasteiger partial charge in [0, 0.05) is 71.2 Å². The van der Waals surface area contributed by atoms with E-state index in [0.717, 1.165) is 72.0 Å². The van der Waals surface area contributed by atoms with Crippen LogP contribution in [0, 0.1) is 0 Å². The SMILES string of the molecule is c1ccc(-c2nc(-c3ccc(-c4ccc(-c5ccc6sc7ccccc7c6c5)c5oc6ccccc6c45)cc3)nc(-c3cccc(-c4cccnc4)c3)n2)cc1. The first-order chi connectivity index (χ1) is 27.7. The molecule has 0 spiro atoms. The lowest BCUT2D eigenvalue weighted by Gasteiger charge is -2.11. The lowest BCUT2D eigenvalue weighted by Crippen LogP contribution is -2.00. The van der Waals surface area contributed by atoms with E-state index in [-0.39, 0.29) is 0 Å². The molecular weight excluding hydrogens is 705 g/mol. The van der Waals surface area contributed by atoms with Crippen LogP contribution in [0.15, 0.2) is 187 Å². The monoisotopic (exact) mass is 734 g/mol. The highest BCUT2D eigenvalue weighted by Gasteiger charge is 2.19. The fraction of sp³-hybridized carbons (Fsp3) is 0. The highest BCUT2D eigenvalue weighted by Crippen LogP contribution is 2.44. The average molecular weight is 735 g/mol. The second-order valence-corrected chi connectivity index (χ2v) is 14.9. The van der Waals surface area contributed by atoms with Gasteiger partial charge in [-0.1, -0.05) is 127 Å². The number of fused-ring (bicyclic) bond motifs is 6. The number of pyridine rings is 1. The Morgan fingerprint density at radius 1 is 0.393 bits per heavy atom. The Labute approximate surface area is 326 Å². The van der Waals surface area contributed by atoms with Crippen LogP contribution >= 0.6 is 11.3 Å². The summed E-state index contributed by atoms with van der Waals surface area (Å²) in [6.45, 7) is 0. The zero-order chi connectivity index (χ0) is 37.0. The van der Waals surface area contributed by atoms with E-state index in [4.69, 9.17) is 19.4 Å². The fourth-order valence-corrected chi connectivity index (χ4v) is 8.80. The average Bonchev–Trinajstić information content (AvgIpc) is 3.85. The molecule has 5 nitrogen and oxygen atoms in total. The maximum atomic E-state index is 6.69. The van der Waals surface area contributed by atoms with Crippen LogP contribution in [-0.2, 0) is 0 Å². The van der Waals surface area contributed by atoms with Crippen molar-refractivity contribution in [1.29, 1.82) is 0 Å². The Balaban J connectivity index is 1.02. The third-order valence-corrected chi connectivity index (χ3v) is 11.6. The number of para-hydroxylation sites is 1. The smallest absolute Gasteiger partial charge is 0.164 e. The maximum Gasteiger partial charge on any atom is 0.164 e. The molecular formula is C50H30N4OS. The number of benzene rings is 7. The highest BCUT2D eigenvalue weighted by atomic mass is 32.1. The number of nitrogens with zero attached hydrogens (tertiary/aromatic N) is 4. The molecule has 0 unspecified atom stereocenters. The van der Waals surface area contributed by atoms with E-state index in [0.29, 0.717) is 17.5 Å². The van der Waals surface area contributed by atoms with Gasteiger partial charge in [0.2, 0.25) is 0 Å². The number of hydrogen-bond acceptors (Lipinski definition) is 6. The van der Waals surface area contributed by atoms with Gasteiger partial charge in [-0.15, -0.1) is 11.3 Å². The van der Waals surface area contributed by atoms with Crippen LogP contribution in [0.5, 0.6) is 0 Å². The summed E-state index contributed by atoms with van der Waals surface area (Å²) in [5.74, 6) is 1.84. The maximum absolute atomic E-state index is 6.69. The van der Waals surface area contributed by atoms with Crippen LogP contribution in [0.3, 0.4) is 0 Å². The van der Waals surface area contributed by atoms with Crippen molar-refractivity contribution in [2.24, 2.45) is 0 Å². The van der Waals surface area contributed by atoms with Gasteiger partial charge in [-0.25, -0.2) is 15.0 Å². The molecule has 0 aliphatic heterocycles. The molecule has 0 atom stereocenters. The quantitative estimate of drug-likeness (QED) is 0.170. The molecule has 0 radical (unpaired) electrons. The van der Waals surface area contributed by atoms with E-state index < -0.39 is 0 Å². The van der Waals surface area contributed by atoms with Crippen LogP contribution < -0.4 is 0 Å². The topological polar surface area (TPSA) is 64.7 Å². The molecule has 7 aromatic carbocycles. The van der Waals surface area contributed by atoms with E-state index in [9.17, 15) is 0 Å². The summed E-state index contributed by atoms with van der Waals surface area (Å²) in [6.07, 6.45) is 3.65. The van der Waals surface area contributed by atoms with Crippen LogP contribution in [0.1, 0.15) is 0 Å². The Morgan fingerprint density at radius 2 is 1.02 bits per heavy atom. The Hall–Kier alpha value is -7.28. The van der Waals surface area contributed by atoms with Gasteiger partial charge < -0.3 is 4.42 Å². The molecule has 56 heavy (non-hydrogen) atoms. The van der Waals surface area contributed by atoms with Gasteiger partial charge in [-0.05, 0) is 64.7 Å². The van der Waals surface area contributed by atoms with Crippen molar-refractivity contribution in [3.8, 4) is 67.5 Å². The molecule has 0 bridgehead atoms. The molecule has 0 saturated heterocycles. The summed E-state index contributed by atoms with van der Waals surface area (Å²) < 4.78 is 9.28. The summed E-state index contributed by atoms with van der Waals surface area (Å²) in [4.78, 5) is 19.3. The van der Waals surface area contributed by atoms with Gasteiger partial charge in [0.25, 0.3) is 0 Å². The van der Waals surface area contributed by atoms with Crippen molar-refractivity contribution >= 4 is 53.4 Å². The summed E-state index contributed by atoms with van der Waals surface area (Å²) in [5, 5.41) is 4.74. The van der Waals surface area contributed by atoms with Gasteiger partial charge >= 0.3 is 0 Å². The number of hydrogen-bond donors (Lipinski definition) is 0. The minimum absolute atomic E-state index is 0.609. The minimum Gasteiger partial charge on any atom is -0.455 e. The van der Waals surface area contributed by atoms with Crippen LogP contribution in [0.2, 0.25) is 0 Å². The predicted octanol–water partition coefficient (Wildman–Crippen LogP) is 13.5. The molecule has 0 aliphatic rings. The van der Waals surface area contributed by atoms with E-state index in [1.165, 1.54) is 20.2 Å². The normalized spacial score (nSPS) is 11.6. The zero-order valence-electron chi connectivity index (χ0n) is 29.9. The van der Waals surface area contributed by atoms with Crippen molar-refractivity contribution in [3.05, 3.63) is 182 Å². The van der Waals surface area contributed by atoms with Crippen molar-refractivity contribution < 1.29 is 4.42 Å². The second kappa shape index (κ2) is 13.2. The zero-order valence-corrected chi connectivity index (χ0v) is 30.7. The van der Waals surface area contributed by atoms with Crippen molar-refractivity contribution in [1.82, 2.24) is 19.9 Å². The number of furan rings is 1. The van der Waals surface area contributed by atoms with Gasteiger partial charge in [0.15, 0.2) is 17.5 Å². The van der Waals surface area contributed by atoms with Gasteiger partial charge in [0.1, 0.15) is 11.2 Å². The number of thiophene rings is 1. The van der Waals surface area contributed by atoms with E-state index >= 15 is 0 Å². The molecule has 0 amide bonds. The molecule has 11 rings (SSSR count). The third-order valence-electron chi connectivity index (χ3n) is 10.5. The summed E-state index contributed by atoms with van der Waals surface area (Å²) in [5.41, 5.74) is 11.0. The van der Waals surface area contributed by atoms with Crippen LogP contribution in [0.4, 0.5) is 0 Å². The summed E-state index contributed by atoms with van der Waals surface area (Å²) >= 11 is 1.83.